The van der Waals surface area contributed by atoms with Crippen molar-refractivity contribution in [1.29, 1.82) is 0 Å². The fourth-order valence-electron chi connectivity index (χ4n) is 5.32. The van der Waals surface area contributed by atoms with E-state index in [1.165, 1.54) is 0 Å². The number of carbonyl (C=O) groups excluding carboxylic acids is 1. The molecule has 1 aliphatic heterocycles. The smallest absolute Gasteiger partial charge is 0.228 e. The molecule has 132 valence electrons. The third kappa shape index (κ3) is 1.87. The Bertz CT molecular complexity index is 895. The Morgan fingerprint density at radius 2 is 2.12 bits per heavy atom. The minimum absolute atomic E-state index is 0.0441. The molecule has 7 nitrogen and oxygen atoms in total. The molecular weight excluding hydrogens is 340 g/mol. The van der Waals surface area contributed by atoms with Crippen LogP contribution >= 0.6 is 11.6 Å². The molecule has 2 aliphatic carbocycles. The summed E-state index contributed by atoms with van der Waals surface area (Å²) in [6, 6.07) is 0.323. The Labute approximate surface area is 151 Å². The minimum Gasteiger partial charge on any atom is -0.347 e. The lowest BCUT2D eigenvalue weighted by Gasteiger charge is -2.57. The van der Waals surface area contributed by atoms with Gasteiger partial charge in [-0.25, -0.2) is 4.98 Å². The van der Waals surface area contributed by atoms with Crippen LogP contribution < -0.4 is 4.90 Å². The lowest BCUT2D eigenvalue weighted by Crippen LogP contribution is -2.63. The van der Waals surface area contributed by atoms with Gasteiger partial charge in [-0.2, -0.15) is 9.97 Å². The Morgan fingerprint density at radius 1 is 1.32 bits per heavy atom. The zero-order chi connectivity index (χ0) is 17.5. The number of anilines is 1. The average molecular weight is 361 g/mol. The van der Waals surface area contributed by atoms with Crippen molar-refractivity contribution < 1.29 is 4.79 Å². The van der Waals surface area contributed by atoms with Crippen molar-refractivity contribution >= 4 is 34.6 Å². The fourth-order valence-corrected chi connectivity index (χ4v) is 5.53. The molecule has 1 saturated heterocycles. The first-order valence-electron chi connectivity index (χ1n) is 8.75. The van der Waals surface area contributed by atoms with Crippen molar-refractivity contribution in [3.63, 3.8) is 0 Å². The van der Waals surface area contributed by atoms with Crippen LogP contribution in [0.1, 0.15) is 31.7 Å². The molecule has 4 atom stereocenters. The van der Waals surface area contributed by atoms with Crippen molar-refractivity contribution in [3.05, 3.63) is 11.5 Å². The van der Waals surface area contributed by atoms with E-state index in [2.05, 4.69) is 19.5 Å². The quantitative estimate of drug-likeness (QED) is 0.767. The number of fused-ring (bicyclic) bond motifs is 2. The average Bonchev–Trinajstić information content (AvgIpc) is 3.07. The van der Waals surface area contributed by atoms with Crippen LogP contribution in [0.15, 0.2) is 6.33 Å². The van der Waals surface area contributed by atoms with E-state index in [4.69, 9.17) is 11.6 Å². The Balaban J connectivity index is 1.57. The lowest BCUT2D eigenvalue weighted by atomic mass is 9.63. The van der Waals surface area contributed by atoms with Gasteiger partial charge in [-0.05, 0) is 25.2 Å². The highest BCUT2D eigenvalue weighted by Gasteiger charge is 2.65. The molecule has 2 saturated carbocycles. The van der Waals surface area contributed by atoms with E-state index in [1.807, 2.05) is 37.3 Å². The molecule has 2 bridgehead atoms. The van der Waals surface area contributed by atoms with Crippen molar-refractivity contribution in [2.24, 2.45) is 11.8 Å². The van der Waals surface area contributed by atoms with E-state index in [9.17, 15) is 4.79 Å². The summed E-state index contributed by atoms with van der Waals surface area (Å²) < 4.78 is 2.16. The van der Waals surface area contributed by atoms with Crippen LogP contribution in [-0.2, 0) is 4.79 Å². The molecule has 3 fully saturated rings. The van der Waals surface area contributed by atoms with Crippen LogP contribution in [0, 0.1) is 11.8 Å². The number of amides is 1. The van der Waals surface area contributed by atoms with Gasteiger partial charge in [-0.1, -0.05) is 11.6 Å². The highest BCUT2D eigenvalue weighted by molar-refractivity contribution is 6.33. The zero-order valence-electron chi connectivity index (χ0n) is 14.6. The highest BCUT2D eigenvalue weighted by Crippen LogP contribution is 2.64. The van der Waals surface area contributed by atoms with Crippen molar-refractivity contribution in [2.75, 3.05) is 26.0 Å². The molecule has 5 rings (SSSR count). The molecule has 0 radical (unpaired) electrons. The normalized spacial score (nSPS) is 33.5. The number of likely N-dealkylation sites (tertiary alicyclic amines) is 1. The molecule has 2 aromatic heterocycles. The van der Waals surface area contributed by atoms with Crippen molar-refractivity contribution in [1.82, 2.24) is 24.4 Å². The standard InChI is InChI=1S/C17H21ClN6O/c1-22(2)16-20-14(18)13-15(21-16)24(8-19-13)11-7-17-6-9(4-10(11)17)5-12(25)23(17)3/h8-11H,4-7H2,1-3H3/t9-,10+,11+,17?/m1/s1. The van der Waals surface area contributed by atoms with Crippen LogP contribution in [0.2, 0.25) is 5.15 Å². The molecule has 25 heavy (non-hydrogen) atoms. The Kier molecular flexibility index (Phi) is 2.98. The SMILES string of the molecule is CN(C)c1nc(Cl)c2ncn([C@H]3CC45C[C@@H](CC(=O)N4C)C[C@@H]35)c2n1. The number of hydrogen-bond acceptors (Lipinski definition) is 5. The summed E-state index contributed by atoms with van der Waals surface area (Å²) in [4.78, 5) is 29.6. The van der Waals surface area contributed by atoms with Gasteiger partial charge in [0.05, 0.1) is 6.33 Å². The number of piperidine rings is 1. The first kappa shape index (κ1) is 15.4. The number of hydrogen-bond donors (Lipinski definition) is 0. The maximum Gasteiger partial charge on any atom is 0.228 e. The molecule has 1 unspecified atom stereocenters. The number of halogens is 1. The number of rotatable bonds is 2. The predicted octanol–water partition coefficient (Wildman–Crippen LogP) is 2.12. The second kappa shape index (κ2) is 4.84. The topological polar surface area (TPSA) is 67.2 Å². The summed E-state index contributed by atoms with van der Waals surface area (Å²) in [6.45, 7) is 0. The Morgan fingerprint density at radius 3 is 2.88 bits per heavy atom. The second-order valence-corrected chi connectivity index (χ2v) is 8.34. The molecule has 1 spiro atoms. The minimum atomic E-state index is 0.0441. The van der Waals surface area contributed by atoms with Gasteiger partial charge in [0.2, 0.25) is 11.9 Å². The van der Waals surface area contributed by atoms with Gasteiger partial charge in [0, 0.05) is 45.1 Å². The van der Waals surface area contributed by atoms with Crippen molar-refractivity contribution in [3.8, 4) is 0 Å². The van der Waals surface area contributed by atoms with Crippen LogP contribution in [0.3, 0.4) is 0 Å². The number of nitrogens with zero attached hydrogens (tertiary/aromatic N) is 6. The molecule has 3 aliphatic rings. The summed E-state index contributed by atoms with van der Waals surface area (Å²) in [7, 11) is 5.77. The van der Waals surface area contributed by atoms with E-state index >= 15 is 0 Å². The van der Waals surface area contributed by atoms with Gasteiger partial charge >= 0.3 is 0 Å². The number of aromatic nitrogens is 4. The monoisotopic (exact) mass is 360 g/mol. The maximum absolute atomic E-state index is 12.3. The fraction of sp³-hybridized carbons (Fsp3) is 0.647. The van der Waals surface area contributed by atoms with E-state index in [0.29, 0.717) is 46.8 Å². The largest absolute Gasteiger partial charge is 0.347 e. The van der Waals surface area contributed by atoms with Crippen LogP contribution in [-0.4, -0.2) is 57.0 Å². The third-order valence-electron chi connectivity index (χ3n) is 6.58. The summed E-state index contributed by atoms with van der Waals surface area (Å²) in [6.07, 6.45) is 5.76. The summed E-state index contributed by atoms with van der Waals surface area (Å²) in [5, 5.41) is 0.388. The van der Waals surface area contributed by atoms with Gasteiger partial charge in [0.15, 0.2) is 10.8 Å². The van der Waals surface area contributed by atoms with E-state index in [-0.39, 0.29) is 5.54 Å². The highest BCUT2D eigenvalue weighted by atomic mass is 35.5. The zero-order valence-corrected chi connectivity index (χ0v) is 15.4. The maximum atomic E-state index is 12.3. The molecule has 2 aromatic rings. The van der Waals surface area contributed by atoms with Gasteiger partial charge in [-0.15, -0.1) is 0 Å². The molecular formula is C17H21ClN6O. The van der Waals surface area contributed by atoms with E-state index in [1.54, 1.807) is 0 Å². The van der Waals surface area contributed by atoms with Gasteiger partial charge < -0.3 is 14.4 Å². The second-order valence-electron chi connectivity index (χ2n) is 7.98. The van der Waals surface area contributed by atoms with Gasteiger partial charge in [-0.3, -0.25) is 4.79 Å². The summed E-state index contributed by atoms with van der Waals surface area (Å²) >= 11 is 6.32. The lowest BCUT2D eigenvalue weighted by molar-refractivity contribution is -0.149. The van der Waals surface area contributed by atoms with Crippen LogP contribution in [0.4, 0.5) is 5.95 Å². The van der Waals surface area contributed by atoms with Gasteiger partial charge in [0.25, 0.3) is 0 Å². The Hall–Kier alpha value is -1.89. The number of carbonyl (C=O) groups is 1. The van der Waals surface area contributed by atoms with Crippen molar-refractivity contribution in [2.45, 2.75) is 37.3 Å². The van der Waals surface area contributed by atoms with Crippen LogP contribution in [0.5, 0.6) is 0 Å². The third-order valence-corrected chi connectivity index (χ3v) is 6.84. The molecule has 8 heteroatoms. The first-order valence-corrected chi connectivity index (χ1v) is 9.12. The van der Waals surface area contributed by atoms with Crippen LogP contribution in [0.25, 0.3) is 11.2 Å². The molecule has 3 heterocycles. The molecule has 1 amide bonds. The first-order chi connectivity index (χ1) is 11.9. The predicted molar refractivity (Wildman–Crippen MR) is 94.6 cm³/mol. The molecule has 0 aromatic carbocycles. The summed E-state index contributed by atoms with van der Waals surface area (Å²) in [5.41, 5.74) is 1.49. The van der Waals surface area contributed by atoms with E-state index in [0.717, 1.165) is 24.9 Å². The van der Waals surface area contributed by atoms with Gasteiger partial charge in [0.1, 0.15) is 5.52 Å². The molecule has 0 N–H and O–H groups in total. The summed E-state index contributed by atoms with van der Waals surface area (Å²) in [5.74, 6) is 1.89. The number of imidazole rings is 1. The van der Waals surface area contributed by atoms with E-state index < -0.39 is 0 Å².